The summed E-state index contributed by atoms with van der Waals surface area (Å²) in [6.45, 7) is 5.25. The maximum atomic E-state index is 13.0. The summed E-state index contributed by atoms with van der Waals surface area (Å²) in [5.74, 6) is 0.636. The SMILES string of the molecule is COc1ccc(C(CC(=O)N2CCN(Cc3cccc4cccnc34)CC2)NC(C)=O)cc1. The Morgan fingerprint density at radius 2 is 1.76 bits per heavy atom. The standard InChI is InChI=1S/C26H30N4O3/c1-19(31)28-24(20-8-10-23(33-2)11-9-20)17-25(32)30-15-13-29(14-16-30)18-22-6-3-5-21-7-4-12-27-26(21)22/h3-12,24H,13-18H2,1-2H3,(H,28,31). The van der Waals surface area contributed by atoms with Crippen LogP contribution in [0.3, 0.4) is 0 Å². The summed E-state index contributed by atoms with van der Waals surface area (Å²) in [4.78, 5) is 33.6. The molecular formula is C26H30N4O3. The number of nitrogens with one attached hydrogen (secondary N) is 1. The second-order valence-electron chi connectivity index (χ2n) is 8.38. The zero-order valence-corrected chi connectivity index (χ0v) is 19.2. The molecule has 7 nitrogen and oxygen atoms in total. The van der Waals surface area contributed by atoms with Crippen LogP contribution in [-0.4, -0.2) is 59.9 Å². The van der Waals surface area contributed by atoms with Crippen molar-refractivity contribution in [2.45, 2.75) is 25.9 Å². The Morgan fingerprint density at radius 1 is 1.03 bits per heavy atom. The van der Waals surface area contributed by atoms with Gasteiger partial charge in [-0.1, -0.05) is 36.4 Å². The molecule has 1 fully saturated rings. The van der Waals surface area contributed by atoms with Gasteiger partial charge in [0.1, 0.15) is 5.75 Å². The van der Waals surface area contributed by atoms with Crippen LogP contribution in [0.2, 0.25) is 0 Å². The van der Waals surface area contributed by atoms with Crippen molar-refractivity contribution >= 4 is 22.7 Å². The second-order valence-corrected chi connectivity index (χ2v) is 8.38. The normalized spacial score (nSPS) is 15.3. The number of methoxy groups -OCH3 is 1. The van der Waals surface area contributed by atoms with E-state index in [1.807, 2.05) is 41.4 Å². The highest BCUT2D eigenvalue weighted by Crippen LogP contribution is 2.22. The van der Waals surface area contributed by atoms with Crippen molar-refractivity contribution in [1.29, 1.82) is 0 Å². The van der Waals surface area contributed by atoms with E-state index in [1.165, 1.54) is 12.5 Å². The van der Waals surface area contributed by atoms with E-state index < -0.39 is 0 Å². The molecule has 1 N–H and O–H groups in total. The first-order valence-electron chi connectivity index (χ1n) is 11.3. The molecule has 1 aliphatic heterocycles. The number of hydrogen-bond donors (Lipinski definition) is 1. The maximum Gasteiger partial charge on any atom is 0.225 e. The highest BCUT2D eigenvalue weighted by molar-refractivity contribution is 5.81. The molecule has 7 heteroatoms. The number of carbonyl (C=O) groups is 2. The summed E-state index contributed by atoms with van der Waals surface area (Å²) in [7, 11) is 1.61. The number of rotatable bonds is 7. The van der Waals surface area contributed by atoms with Crippen LogP contribution in [0.15, 0.2) is 60.8 Å². The quantitative estimate of drug-likeness (QED) is 0.604. The van der Waals surface area contributed by atoms with Crippen LogP contribution in [-0.2, 0) is 16.1 Å². The average Bonchev–Trinajstić information content (AvgIpc) is 2.84. The van der Waals surface area contributed by atoms with Crippen molar-refractivity contribution in [3.05, 3.63) is 71.9 Å². The molecular weight excluding hydrogens is 416 g/mol. The third-order valence-electron chi connectivity index (χ3n) is 6.11. The van der Waals surface area contributed by atoms with Crippen LogP contribution in [0.5, 0.6) is 5.75 Å². The van der Waals surface area contributed by atoms with Crippen molar-refractivity contribution in [2.75, 3.05) is 33.3 Å². The number of nitrogens with zero attached hydrogens (tertiary/aromatic N) is 3. The Hall–Kier alpha value is -3.45. The minimum Gasteiger partial charge on any atom is -0.497 e. The van der Waals surface area contributed by atoms with E-state index in [2.05, 4.69) is 39.5 Å². The van der Waals surface area contributed by atoms with Crippen molar-refractivity contribution in [3.63, 3.8) is 0 Å². The molecule has 1 aliphatic rings. The Labute approximate surface area is 194 Å². The number of amides is 2. The van der Waals surface area contributed by atoms with E-state index in [-0.39, 0.29) is 24.3 Å². The van der Waals surface area contributed by atoms with Gasteiger partial charge in [0.2, 0.25) is 11.8 Å². The van der Waals surface area contributed by atoms with Crippen LogP contribution in [0, 0.1) is 0 Å². The molecule has 2 heterocycles. The minimum absolute atomic E-state index is 0.0519. The lowest BCUT2D eigenvalue weighted by atomic mass is 10.0. The van der Waals surface area contributed by atoms with Crippen LogP contribution in [0.25, 0.3) is 10.9 Å². The number of piperazine rings is 1. The molecule has 1 atom stereocenters. The number of pyridine rings is 1. The minimum atomic E-state index is -0.360. The van der Waals surface area contributed by atoms with Crippen molar-refractivity contribution in [2.24, 2.45) is 0 Å². The summed E-state index contributed by atoms with van der Waals surface area (Å²) in [5.41, 5.74) is 3.13. The van der Waals surface area contributed by atoms with E-state index in [0.717, 1.165) is 41.9 Å². The molecule has 4 rings (SSSR count). The predicted octanol–water partition coefficient (Wildman–Crippen LogP) is 3.16. The summed E-state index contributed by atoms with van der Waals surface area (Å²) < 4.78 is 5.21. The molecule has 1 aromatic heterocycles. The Balaban J connectivity index is 1.36. The van der Waals surface area contributed by atoms with Crippen LogP contribution < -0.4 is 10.1 Å². The van der Waals surface area contributed by atoms with E-state index in [4.69, 9.17) is 4.74 Å². The van der Waals surface area contributed by atoms with E-state index in [0.29, 0.717) is 13.1 Å². The molecule has 33 heavy (non-hydrogen) atoms. The zero-order chi connectivity index (χ0) is 23.2. The van der Waals surface area contributed by atoms with E-state index in [1.54, 1.807) is 7.11 Å². The lowest BCUT2D eigenvalue weighted by molar-refractivity contribution is -0.133. The predicted molar refractivity (Wildman–Crippen MR) is 128 cm³/mol. The number of aromatic nitrogens is 1. The lowest BCUT2D eigenvalue weighted by Gasteiger charge is -2.35. The largest absolute Gasteiger partial charge is 0.497 e. The number of benzene rings is 2. The fourth-order valence-electron chi connectivity index (χ4n) is 4.33. The van der Waals surface area contributed by atoms with E-state index in [9.17, 15) is 9.59 Å². The van der Waals surface area contributed by atoms with E-state index >= 15 is 0 Å². The first-order chi connectivity index (χ1) is 16.0. The molecule has 2 amide bonds. The highest BCUT2D eigenvalue weighted by Gasteiger charge is 2.25. The van der Waals surface area contributed by atoms with Gasteiger partial charge in [-0.05, 0) is 29.3 Å². The van der Waals surface area contributed by atoms with Gasteiger partial charge >= 0.3 is 0 Å². The molecule has 0 radical (unpaired) electrons. The molecule has 0 saturated carbocycles. The van der Waals surface area contributed by atoms with Crippen LogP contribution in [0.1, 0.15) is 30.5 Å². The molecule has 3 aromatic rings. The lowest BCUT2D eigenvalue weighted by Crippen LogP contribution is -2.49. The van der Waals surface area contributed by atoms with Gasteiger partial charge in [-0.3, -0.25) is 19.5 Å². The van der Waals surface area contributed by atoms with Gasteiger partial charge in [-0.25, -0.2) is 0 Å². The Bertz CT molecular complexity index is 1100. The van der Waals surface area contributed by atoms with Gasteiger partial charge < -0.3 is 15.0 Å². The highest BCUT2D eigenvalue weighted by atomic mass is 16.5. The average molecular weight is 447 g/mol. The van der Waals surface area contributed by atoms with Gasteiger partial charge in [0.25, 0.3) is 0 Å². The van der Waals surface area contributed by atoms with Crippen molar-refractivity contribution in [1.82, 2.24) is 20.1 Å². The Morgan fingerprint density at radius 3 is 2.45 bits per heavy atom. The third-order valence-corrected chi connectivity index (χ3v) is 6.11. The van der Waals surface area contributed by atoms with Gasteiger partial charge in [0, 0.05) is 51.2 Å². The fraction of sp³-hybridized carbons (Fsp3) is 0.346. The van der Waals surface area contributed by atoms with Gasteiger partial charge in [0.05, 0.1) is 25.1 Å². The number of para-hydroxylation sites is 1. The van der Waals surface area contributed by atoms with Gasteiger partial charge in [0.15, 0.2) is 0 Å². The number of ether oxygens (including phenoxy) is 1. The summed E-state index contributed by atoms with van der Waals surface area (Å²) in [6, 6.07) is 17.4. The summed E-state index contributed by atoms with van der Waals surface area (Å²) in [6.07, 6.45) is 2.07. The molecule has 1 unspecified atom stereocenters. The Kier molecular flexibility index (Phi) is 7.19. The molecule has 1 saturated heterocycles. The molecule has 0 aliphatic carbocycles. The van der Waals surface area contributed by atoms with Crippen LogP contribution >= 0.6 is 0 Å². The third kappa shape index (κ3) is 5.68. The number of fused-ring (bicyclic) bond motifs is 1. The van der Waals surface area contributed by atoms with Gasteiger partial charge in [-0.2, -0.15) is 0 Å². The molecule has 0 bridgehead atoms. The summed E-state index contributed by atoms with van der Waals surface area (Å²) >= 11 is 0. The fourth-order valence-corrected chi connectivity index (χ4v) is 4.33. The first-order valence-corrected chi connectivity index (χ1v) is 11.3. The molecule has 2 aromatic carbocycles. The topological polar surface area (TPSA) is 74.8 Å². The molecule has 0 spiro atoms. The molecule has 172 valence electrons. The smallest absolute Gasteiger partial charge is 0.225 e. The number of hydrogen-bond acceptors (Lipinski definition) is 5. The van der Waals surface area contributed by atoms with Gasteiger partial charge in [-0.15, -0.1) is 0 Å². The summed E-state index contributed by atoms with van der Waals surface area (Å²) in [5, 5.41) is 4.06. The second kappa shape index (κ2) is 10.4. The monoisotopic (exact) mass is 446 g/mol. The maximum absolute atomic E-state index is 13.0. The first kappa shape index (κ1) is 22.7. The van der Waals surface area contributed by atoms with Crippen molar-refractivity contribution in [3.8, 4) is 5.75 Å². The van der Waals surface area contributed by atoms with Crippen molar-refractivity contribution < 1.29 is 14.3 Å². The zero-order valence-electron chi connectivity index (χ0n) is 19.2. The number of carbonyl (C=O) groups excluding carboxylic acids is 2. The van der Waals surface area contributed by atoms with Crippen LogP contribution in [0.4, 0.5) is 0 Å².